The van der Waals surface area contributed by atoms with E-state index < -0.39 is 6.10 Å². The fourth-order valence-corrected chi connectivity index (χ4v) is 1.61. The summed E-state index contributed by atoms with van der Waals surface area (Å²) in [7, 11) is 0. The molecule has 96 valence electrons. The maximum atomic E-state index is 11.9. The van der Waals surface area contributed by atoms with Gasteiger partial charge in [0.05, 0.1) is 17.8 Å². The fraction of sp³-hybridized carbons (Fsp3) is 0.385. The third kappa shape index (κ3) is 2.68. The summed E-state index contributed by atoms with van der Waals surface area (Å²) >= 11 is 0. The molecule has 0 spiro atoms. The van der Waals surface area contributed by atoms with Crippen molar-refractivity contribution in [2.24, 2.45) is 5.92 Å². The van der Waals surface area contributed by atoms with E-state index in [9.17, 15) is 9.90 Å². The number of nitrogens with one attached hydrogen (secondary N) is 2. The topological polar surface area (TPSA) is 78.0 Å². The van der Waals surface area contributed by atoms with Gasteiger partial charge in [0.2, 0.25) is 0 Å². The van der Waals surface area contributed by atoms with Crippen molar-refractivity contribution in [3.63, 3.8) is 0 Å². The molecular weight excluding hydrogens is 230 g/mol. The second kappa shape index (κ2) is 5.18. The Morgan fingerprint density at radius 2 is 2.28 bits per heavy atom. The molecule has 18 heavy (non-hydrogen) atoms. The van der Waals surface area contributed by atoms with Gasteiger partial charge in [-0.25, -0.2) is 0 Å². The first-order valence-electron chi connectivity index (χ1n) is 5.97. The Morgan fingerprint density at radius 1 is 1.50 bits per heavy atom. The maximum absolute atomic E-state index is 11.9. The molecule has 0 fully saturated rings. The molecule has 2 rings (SSSR count). The van der Waals surface area contributed by atoms with Crippen LogP contribution in [-0.4, -0.2) is 33.9 Å². The van der Waals surface area contributed by atoms with E-state index in [2.05, 4.69) is 15.5 Å². The van der Waals surface area contributed by atoms with Crippen molar-refractivity contribution in [3.8, 4) is 0 Å². The van der Waals surface area contributed by atoms with Gasteiger partial charge in [0.1, 0.15) is 0 Å². The second-order valence-electron chi connectivity index (χ2n) is 4.69. The molecule has 2 aromatic rings. The molecule has 0 aliphatic rings. The number of hydrogen-bond donors (Lipinski definition) is 3. The van der Waals surface area contributed by atoms with Crippen LogP contribution in [-0.2, 0) is 0 Å². The Bertz CT molecular complexity index is 548. The molecular formula is C13H17N3O2. The number of aromatic nitrogens is 2. The number of carbonyl (C=O) groups excluding carboxylic acids is 1. The number of aliphatic hydroxyl groups excluding tert-OH is 1. The number of hydrogen-bond acceptors (Lipinski definition) is 3. The Labute approximate surface area is 105 Å². The lowest BCUT2D eigenvalue weighted by Gasteiger charge is -2.14. The fourth-order valence-electron chi connectivity index (χ4n) is 1.61. The van der Waals surface area contributed by atoms with E-state index in [1.807, 2.05) is 19.9 Å². The van der Waals surface area contributed by atoms with Gasteiger partial charge in [0.25, 0.3) is 5.91 Å². The van der Waals surface area contributed by atoms with Crippen molar-refractivity contribution in [2.45, 2.75) is 20.0 Å². The molecule has 3 N–H and O–H groups in total. The summed E-state index contributed by atoms with van der Waals surface area (Å²) in [6.45, 7) is 4.08. The molecule has 0 saturated heterocycles. The van der Waals surface area contributed by atoms with E-state index in [0.717, 1.165) is 10.9 Å². The molecule has 1 amide bonds. The number of aromatic amines is 1. The van der Waals surface area contributed by atoms with E-state index in [-0.39, 0.29) is 18.4 Å². The monoisotopic (exact) mass is 247 g/mol. The highest BCUT2D eigenvalue weighted by Crippen LogP contribution is 2.12. The molecule has 5 nitrogen and oxygen atoms in total. The third-order valence-electron chi connectivity index (χ3n) is 2.95. The average molecular weight is 247 g/mol. The number of carbonyl (C=O) groups is 1. The molecule has 1 heterocycles. The Balaban J connectivity index is 2.04. The van der Waals surface area contributed by atoms with E-state index in [4.69, 9.17) is 0 Å². The zero-order chi connectivity index (χ0) is 13.1. The summed E-state index contributed by atoms with van der Waals surface area (Å²) in [6.07, 6.45) is 1.18. The van der Waals surface area contributed by atoms with Crippen molar-refractivity contribution in [3.05, 3.63) is 30.0 Å². The molecule has 1 atom stereocenters. The number of fused-ring (bicyclic) bond motifs is 1. The summed E-state index contributed by atoms with van der Waals surface area (Å²) < 4.78 is 0. The van der Waals surface area contributed by atoms with Gasteiger partial charge < -0.3 is 10.4 Å². The van der Waals surface area contributed by atoms with Crippen LogP contribution >= 0.6 is 0 Å². The van der Waals surface area contributed by atoms with Crippen LogP contribution in [0.15, 0.2) is 24.4 Å². The largest absolute Gasteiger partial charge is 0.391 e. The second-order valence-corrected chi connectivity index (χ2v) is 4.69. The van der Waals surface area contributed by atoms with Gasteiger partial charge in [-0.15, -0.1) is 0 Å². The summed E-state index contributed by atoms with van der Waals surface area (Å²) in [5.74, 6) is -0.0633. The van der Waals surface area contributed by atoms with Gasteiger partial charge in [-0.3, -0.25) is 9.89 Å². The van der Waals surface area contributed by atoms with Crippen molar-refractivity contribution in [1.29, 1.82) is 0 Å². The lowest BCUT2D eigenvalue weighted by Crippen LogP contribution is -2.34. The number of rotatable bonds is 4. The summed E-state index contributed by atoms with van der Waals surface area (Å²) in [6, 6.07) is 5.33. The number of aliphatic hydroxyl groups is 1. The SMILES string of the molecule is CC(C)C(O)CNC(=O)c1ccc2cn[nH]c2c1. The predicted octanol–water partition coefficient (Wildman–Crippen LogP) is 1.31. The molecule has 0 radical (unpaired) electrons. The van der Waals surface area contributed by atoms with Crippen LogP contribution in [0.25, 0.3) is 10.9 Å². The number of H-pyrrole nitrogens is 1. The van der Waals surface area contributed by atoms with Crippen LogP contribution in [0.1, 0.15) is 24.2 Å². The van der Waals surface area contributed by atoms with Crippen LogP contribution in [0.3, 0.4) is 0 Å². The summed E-state index contributed by atoms with van der Waals surface area (Å²) in [5.41, 5.74) is 1.38. The Hall–Kier alpha value is -1.88. The highest BCUT2D eigenvalue weighted by molar-refractivity contribution is 5.97. The first-order chi connectivity index (χ1) is 8.58. The minimum absolute atomic E-state index is 0.125. The number of benzene rings is 1. The molecule has 5 heteroatoms. The molecule has 1 aromatic heterocycles. The van der Waals surface area contributed by atoms with Crippen LogP contribution < -0.4 is 5.32 Å². The van der Waals surface area contributed by atoms with Gasteiger partial charge in [0.15, 0.2) is 0 Å². The van der Waals surface area contributed by atoms with Crippen LogP contribution in [0.2, 0.25) is 0 Å². The van der Waals surface area contributed by atoms with E-state index in [0.29, 0.717) is 5.56 Å². The highest BCUT2D eigenvalue weighted by atomic mass is 16.3. The zero-order valence-electron chi connectivity index (χ0n) is 10.5. The normalized spacial score (nSPS) is 12.9. The lowest BCUT2D eigenvalue weighted by atomic mass is 10.1. The number of nitrogens with zero attached hydrogens (tertiary/aromatic N) is 1. The molecule has 0 saturated carbocycles. The quantitative estimate of drug-likeness (QED) is 0.762. The maximum Gasteiger partial charge on any atom is 0.251 e. The average Bonchev–Trinajstić information content (AvgIpc) is 2.82. The minimum Gasteiger partial charge on any atom is -0.391 e. The first-order valence-corrected chi connectivity index (χ1v) is 5.97. The van der Waals surface area contributed by atoms with E-state index in [1.54, 1.807) is 18.3 Å². The van der Waals surface area contributed by atoms with Gasteiger partial charge in [-0.1, -0.05) is 19.9 Å². The smallest absolute Gasteiger partial charge is 0.251 e. The van der Waals surface area contributed by atoms with Crippen LogP contribution in [0.4, 0.5) is 0 Å². The zero-order valence-corrected chi connectivity index (χ0v) is 10.5. The van der Waals surface area contributed by atoms with Gasteiger partial charge >= 0.3 is 0 Å². The standard InChI is InChI=1S/C13H17N3O2/c1-8(2)12(17)7-14-13(18)9-3-4-10-6-15-16-11(10)5-9/h3-6,8,12,17H,7H2,1-2H3,(H,14,18)(H,15,16). The summed E-state index contributed by atoms with van der Waals surface area (Å²) in [5, 5.41) is 20.0. The molecule has 0 bridgehead atoms. The molecule has 0 aliphatic carbocycles. The molecule has 0 aliphatic heterocycles. The number of amides is 1. The highest BCUT2D eigenvalue weighted by Gasteiger charge is 2.12. The summed E-state index contributed by atoms with van der Waals surface area (Å²) in [4.78, 5) is 11.9. The Kier molecular flexibility index (Phi) is 3.62. The molecule has 1 unspecified atom stereocenters. The Morgan fingerprint density at radius 3 is 3.00 bits per heavy atom. The van der Waals surface area contributed by atoms with E-state index >= 15 is 0 Å². The van der Waals surface area contributed by atoms with Gasteiger partial charge in [0, 0.05) is 17.5 Å². The van der Waals surface area contributed by atoms with Crippen molar-refractivity contribution in [1.82, 2.24) is 15.5 Å². The lowest BCUT2D eigenvalue weighted by molar-refractivity contribution is 0.0871. The third-order valence-corrected chi connectivity index (χ3v) is 2.95. The van der Waals surface area contributed by atoms with Crippen LogP contribution in [0, 0.1) is 5.92 Å². The van der Waals surface area contributed by atoms with Crippen molar-refractivity contribution >= 4 is 16.8 Å². The van der Waals surface area contributed by atoms with E-state index in [1.165, 1.54) is 0 Å². The first kappa shape index (κ1) is 12.6. The molecule has 1 aromatic carbocycles. The minimum atomic E-state index is -0.523. The van der Waals surface area contributed by atoms with Crippen molar-refractivity contribution < 1.29 is 9.90 Å². The van der Waals surface area contributed by atoms with Crippen LogP contribution in [0.5, 0.6) is 0 Å². The van der Waals surface area contributed by atoms with Crippen molar-refractivity contribution in [2.75, 3.05) is 6.54 Å². The van der Waals surface area contributed by atoms with Gasteiger partial charge in [-0.2, -0.15) is 5.10 Å². The predicted molar refractivity (Wildman–Crippen MR) is 69.3 cm³/mol. The van der Waals surface area contributed by atoms with Gasteiger partial charge in [-0.05, 0) is 18.1 Å².